The summed E-state index contributed by atoms with van der Waals surface area (Å²) in [7, 11) is 0. The zero-order valence-electron chi connectivity index (χ0n) is 10.8. The second-order valence-electron chi connectivity index (χ2n) is 5.49. The van der Waals surface area contributed by atoms with E-state index in [2.05, 4.69) is 10.6 Å². The van der Waals surface area contributed by atoms with Crippen LogP contribution in [0, 0.1) is 0 Å². The quantitative estimate of drug-likeness (QED) is 0.759. The summed E-state index contributed by atoms with van der Waals surface area (Å²) in [5.74, 6) is -0.0296. The van der Waals surface area contributed by atoms with Crippen molar-refractivity contribution in [3.63, 3.8) is 0 Å². The van der Waals surface area contributed by atoms with Gasteiger partial charge in [0.1, 0.15) is 6.10 Å². The molecule has 0 spiro atoms. The van der Waals surface area contributed by atoms with Gasteiger partial charge < -0.3 is 15.4 Å². The molecular formula is C12H24N2O2. The maximum Gasteiger partial charge on any atom is 0.249 e. The molecule has 0 radical (unpaired) electrons. The van der Waals surface area contributed by atoms with Crippen molar-refractivity contribution in [3.05, 3.63) is 0 Å². The van der Waals surface area contributed by atoms with Crippen LogP contribution in [0.4, 0.5) is 0 Å². The Morgan fingerprint density at radius 3 is 2.69 bits per heavy atom. The van der Waals surface area contributed by atoms with Crippen LogP contribution in [0.25, 0.3) is 0 Å². The molecule has 1 fully saturated rings. The molecule has 0 aromatic carbocycles. The molecule has 0 aromatic rings. The molecule has 1 aliphatic heterocycles. The summed E-state index contributed by atoms with van der Waals surface area (Å²) in [5.41, 5.74) is -0.195. The van der Waals surface area contributed by atoms with Crippen LogP contribution < -0.4 is 10.6 Å². The van der Waals surface area contributed by atoms with Gasteiger partial charge in [0.05, 0.1) is 6.10 Å². The predicted octanol–water partition coefficient (Wildman–Crippen LogP) is 1.06. The minimum atomic E-state index is -0.371. The van der Waals surface area contributed by atoms with E-state index in [-0.39, 0.29) is 23.7 Å². The Bertz CT molecular complexity index is 230. The second-order valence-corrected chi connectivity index (χ2v) is 5.49. The lowest BCUT2D eigenvalue weighted by Gasteiger charge is -2.28. The molecule has 1 amide bonds. The lowest BCUT2D eigenvalue weighted by molar-refractivity contribution is -0.137. The third kappa shape index (κ3) is 4.94. The molecule has 0 aliphatic carbocycles. The molecule has 1 heterocycles. The first-order valence-corrected chi connectivity index (χ1v) is 6.07. The topological polar surface area (TPSA) is 50.4 Å². The molecule has 1 aliphatic rings. The van der Waals surface area contributed by atoms with Gasteiger partial charge in [0.2, 0.25) is 5.91 Å². The highest BCUT2D eigenvalue weighted by Gasteiger charge is 2.23. The van der Waals surface area contributed by atoms with Crippen LogP contribution in [0.1, 0.15) is 40.5 Å². The number of hydrogen-bond acceptors (Lipinski definition) is 3. The first-order valence-electron chi connectivity index (χ1n) is 6.07. The summed E-state index contributed by atoms with van der Waals surface area (Å²) in [4.78, 5) is 11.8. The van der Waals surface area contributed by atoms with Gasteiger partial charge in [0.25, 0.3) is 0 Å². The van der Waals surface area contributed by atoms with Crippen LogP contribution in [0.2, 0.25) is 0 Å². The first kappa shape index (κ1) is 13.5. The van der Waals surface area contributed by atoms with Gasteiger partial charge in [-0.1, -0.05) is 0 Å². The zero-order chi connectivity index (χ0) is 12.2. The Hall–Kier alpha value is -0.610. The molecule has 2 N–H and O–H groups in total. The van der Waals surface area contributed by atoms with Gasteiger partial charge in [-0.3, -0.25) is 4.79 Å². The van der Waals surface area contributed by atoms with Crippen molar-refractivity contribution < 1.29 is 9.53 Å². The Kier molecular flexibility index (Phi) is 4.74. The molecular weight excluding hydrogens is 204 g/mol. The van der Waals surface area contributed by atoms with Crippen molar-refractivity contribution in [2.75, 3.05) is 13.1 Å². The van der Waals surface area contributed by atoms with Crippen LogP contribution in [-0.4, -0.2) is 36.7 Å². The van der Waals surface area contributed by atoms with Crippen molar-refractivity contribution in [1.82, 2.24) is 10.6 Å². The highest BCUT2D eigenvalue weighted by Crippen LogP contribution is 2.09. The van der Waals surface area contributed by atoms with Crippen molar-refractivity contribution in [3.8, 4) is 0 Å². The van der Waals surface area contributed by atoms with E-state index in [9.17, 15) is 4.79 Å². The number of carbonyl (C=O) groups excluding carboxylic acids is 1. The molecule has 0 saturated carbocycles. The van der Waals surface area contributed by atoms with Gasteiger partial charge in [-0.15, -0.1) is 0 Å². The van der Waals surface area contributed by atoms with E-state index in [1.165, 1.54) is 0 Å². The van der Waals surface area contributed by atoms with E-state index >= 15 is 0 Å². The molecule has 16 heavy (non-hydrogen) atoms. The maximum atomic E-state index is 11.8. The summed E-state index contributed by atoms with van der Waals surface area (Å²) in [6.07, 6.45) is 1.97. The minimum absolute atomic E-state index is 0.0296. The second kappa shape index (κ2) is 5.64. The number of ether oxygens (including phenoxy) is 1. The maximum absolute atomic E-state index is 11.8. The van der Waals surface area contributed by atoms with Crippen molar-refractivity contribution in [2.45, 2.75) is 58.3 Å². The third-order valence-electron chi connectivity index (χ3n) is 2.52. The molecule has 4 heteroatoms. The average Bonchev–Trinajstić information content (AvgIpc) is 2.16. The van der Waals surface area contributed by atoms with Crippen LogP contribution in [-0.2, 0) is 9.53 Å². The monoisotopic (exact) mass is 228 g/mol. The van der Waals surface area contributed by atoms with Gasteiger partial charge in [-0.2, -0.15) is 0 Å². The van der Waals surface area contributed by atoms with Crippen LogP contribution >= 0.6 is 0 Å². The number of piperidine rings is 1. The highest BCUT2D eigenvalue weighted by atomic mass is 16.5. The Morgan fingerprint density at radius 1 is 1.50 bits per heavy atom. The van der Waals surface area contributed by atoms with Gasteiger partial charge in [0.15, 0.2) is 0 Å². The van der Waals surface area contributed by atoms with E-state index < -0.39 is 0 Å². The largest absolute Gasteiger partial charge is 0.364 e. The number of hydrogen-bond donors (Lipinski definition) is 2. The SMILES string of the molecule is CC(OC1CCCNC1)C(=O)NC(C)(C)C. The molecule has 2 atom stereocenters. The lowest BCUT2D eigenvalue weighted by Crippen LogP contribution is -2.48. The number of amides is 1. The fourth-order valence-electron chi connectivity index (χ4n) is 1.76. The van der Waals surface area contributed by atoms with Crippen LogP contribution in [0.15, 0.2) is 0 Å². The predicted molar refractivity (Wildman–Crippen MR) is 64.3 cm³/mol. The summed E-state index contributed by atoms with van der Waals surface area (Å²) in [6.45, 7) is 9.64. The number of carbonyl (C=O) groups is 1. The average molecular weight is 228 g/mol. The first-order chi connectivity index (χ1) is 7.38. The smallest absolute Gasteiger partial charge is 0.249 e. The summed E-state index contributed by atoms with van der Waals surface area (Å²) < 4.78 is 5.72. The van der Waals surface area contributed by atoms with Gasteiger partial charge in [0, 0.05) is 12.1 Å². The molecule has 1 saturated heterocycles. The van der Waals surface area contributed by atoms with Crippen molar-refractivity contribution in [1.29, 1.82) is 0 Å². The standard InChI is InChI=1S/C12H24N2O2/c1-9(11(15)14-12(2,3)4)16-10-6-5-7-13-8-10/h9-10,13H,5-8H2,1-4H3,(H,14,15). The van der Waals surface area contributed by atoms with E-state index in [1.807, 2.05) is 27.7 Å². The molecule has 4 nitrogen and oxygen atoms in total. The normalized spacial score (nSPS) is 23.9. The fourth-order valence-corrected chi connectivity index (χ4v) is 1.76. The molecule has 1 rings (SSSR count). The highest BCUT2D eigenvalue weighted by molar-refractivity contribution is 5.81. The van der Waals surface area contributed by atoms with Gasteiger partial charge in [-0.05, 0) is 47.1 Å². The van der Waals surface area contributed by atoms with E-state index in [0.29, 0.717) is 0 Å². The molecule has 0 bridgehead atoms. The Balaban J connectivity index is 2.33. The van der Waals surface area contributed by atoms with E-state index in [0.717, 1.165) is 25.9 Å². The lowest BCUT2D eigenvalue weighted by atomic mass is 10.1. The van der Waals surface area contributed by atoms with E-state index in [4.69, 9.17) is 4.74 Å². The number of rotatable bonds is 3. The molecule has 94 valence electrons. The fraction of sp³-hybridized carbons (Fsp3) is 0.917. The van der Waals surface area contributed by atoms with Crippen molar-refractivity contribution in [2.24, 2.45) is 0 Å². The molecule has 2 unspecified atom stereocenters. The summed E-state index contributed by atoms with van der Waals surface area (Å²) >= 11 is 0. The zero-order valence-corrected chi connectivity index (χ0v) is 10.8. The Labute approximate surface area is 98.1 Å². The minimum Gasteiger partial charge on any atom is -0.364 e. The summed E-state index contributed by atoms with van der Waals surface area (Å²) in [6, 6.07) is 0. The van der Waals surface area contributed by atoms with Crippen molar-refractivity contribution >= 4 is 5.91 Å². The van der Waals surface area contributed by atoms with E-state index in [1.54, 1.807) is 0 Å². The third-order valence-corrected chi connectivity index (χ3v) is 2.52. The summed E-state index contributed by atoms with van der Waals surface area (Å²) in [5, 5.41) is 6.19. The molecule has 0 aromatic heterocycles. The number of nitrogens with one attached hydrogen (secondary N) is 2. The van der Waals surface area contributed by atoms with Crippen LogP contribution in [0.5, 0.6) is 0 Å². The Morgan fingerprint density at radius 2 is 2.19 bits per heavy atom. The van der Waals surface area contributed by atoms with Gasteiger partial charge >= 0.3 is 0 Å². The van der Waals surface area contributed by atoms with Gasteiger partial charge in [-0.25, -0.2) is 0 Å². The van der Waals surface area contributed by atoms with Crippen LogP contribution in [0.3, 0.4) is 0 Å².